The Bertz CT molecular complexity index is 2150. The van der Waals surface area contributed by atoms with Crippen molar-refractivity contribution >= 4 is 62.9 Å². The molecule has 0 aliphatic rings. The van der Waals surface area contributed by atoms with E-state index < -0.39 is 17.1 Å². The lowest BCUT2D eigenvalue weighted by atomic mass is 10.1. The van der Waals surface area contributed by atoms with E-state index in [1.165, 1.54) is 11.8 Å². The fourth-order valence-corrected chi connectivity index (χ4v) is 6.48. The molecule has 6 aromatic rings. The summed E-state index contributed by atoms with van der Waals surface area (Å²) in [6, 6.07) is 50.1. The Morgan fingerprint density at radius 2 is 1.33 bits per heavy atom. The molecule has 9 heteroatoms. The maximum Gasteiger partial charge on any atom is 0.272 e. The van der Waals surface area contributed by atoms with E-state index in [1.54, 1.807) is 42.5 Å². The SMILES string of the molecule is O=C(Nc1cccc(SC(C(=O)Nc2ccc(Br)cc2)c2ccccc2)c1)/C(=C/c1ccc(OCc2ccccc2)cc1)NC(=O)c1ccccc1. The number of benzene rings is 6. The average Bonchev–Trinajstić information content (AvgIpc) is 3.18. The van der Waals surface area contributed by atoms with Crippen LogP contribution in [0.25, 0.3) is 6.08 Å². The molecule has 52 heavy (non-hydrogen) atoms. The van der Waals surface area contributed by atoms with E-state index in [-0.39, 0.29) is 11.6 Å². The van der Waals surface area contributed by atoms with Crippen molar-refractivity contribution in [3.63, 3.8) is 0 Å². The molecule has 0 heterocycles. The second-order valence-corrected chi connectivity index (χ2v) is 13.7. The molecule has 0 spiro atoms. The molecule has 3 N–H and O–H groups in total. The van der Waals surface area contributed by atoms with Crippen LogP contribution in [-0.4, -0.2) is 17.7 Å². The van der Waals surface area contributed by atoms with Crippen molar-refractivity contribution in [3.8, 4) is 5.75 Å². The third-order valence-corrected chi connectivity index (χ3v) is 9.54. The van der Waals surface area contributed by atoms with Gasteiger partial charge in [0.25, 0.3) is 11.8 Å². The molecule has 1 unspecified atom stereocenters. The zero-order valence-corrected chi connectivity index (χ0v) is 30.3. The summed E-state index contributed by atoms with van der Waals surface area (Å²) in [7, 11) is 0. The molecule has 0 fully saturated rings. The summed E-state index contributed by atoms with van der Waals surface area (Å²) in [5.41, 5.74) is 4.23. The molecule has 0 bridgehead atoms. The quantitative estimate of drug-likeness (QED) is 0.0804. The zero-order valence-electron chi connectivity index (χ0n) is 27.9. The number of anilines is 2. The molecule has 0 aromatic heterocycles. The van der Waals surface area contributed by atoms with E-state index in [0.717, 1.165) is 20.5 Å². The van der Waals surface area contributed by atoms with E-state index in [4.69, 9.17) is 4.74 Å². The Morgan fingerprint density at radius 3 is 2.02 bits per heavy atom. The van der Waals surface area contributed by atoms with E-state index in [0.29, 0.717) is 34.9 Å². The molecular weight excluding hydrogens is 734 g/mol. The third kappa shape index (κ3) is 10.3. The van der Waals surface area contributed by atoms with Gasteiger partial charge in [0.15, 0.2) is 0 Å². The van der Waals surface area contributed by atoms with Crippen LogP contribution in [0.1, 0.15) is 32.3 Å². The summed E-state index contributed by atoms with van der Waals surface area (Å²) < 4.78 is 6.83. The Hall–Kier alpha value is -5.90. The van der Waals surface area contributed by atoms with E-state index in [1.807, 2.05) is 127 Å². The number of rotatable bonds is 13. The van der Waals surface area contributed by atoms with Crippen molar-refractivity contribution < 1.29 is 19.1 Å². The number of amides is 3. The minimum Gasteiger partial charge on any atom is -0.489 e. The van der Waals surface area contributed by atoms with Crippen LogP contribution in [0.4, 0.5) is 11.4 Å². The lowest BCUT2D eigenvalue weighted by Gasteiger charge is -2.18. The smallest absolute Gasteiger partial charge is 0.272 e. The van der Waals surface area contributed by atoms with E-state index in [9.17, 15) is 14.4 Å². The number of thioether (sulfide) groups is 1. The van der Waals surface area contributed by atoms with Crippen molar-refractivity contribution in [2.24, 2.45) is 0 Å². The number of nitrogens with one attached hydrogen (secondary N) is 3. The first kappa shape index (κ1) is 35.9. The topological polar surface area (TPSA) is 96.5 Å². The number of ether oxygens (including phenoxy) is 1. The van der Waals surface area contributed by atoms with Gasteiger partial charge in [0.1, 0.15) is 23.3 Å². The van der Waals surface area contributed by atoms with Gasteiger partial charge in [0, 0.05) is 26.3 Å². The van der Waals surface area contributed by atoms with Gasteiger partial charge in [-0.2, -0.15) is 0 Å². The fourth-order valence-electron chi connectivity index (χ4n) is 5.13. The molecule has 1 atom stereocenters. The Morgan fingerprint density at radius 1 is 0.673 bits per heavy atom. The summed E-state index contributed by atoms with van der Waals surface area (Å²) in [6.07, 6.45) is 1.62. The van der Waals surface area contributed by atoms with Crippen LogP contribution in [0.5, 0.6) is 5.75 Å². The Kier molecular flexibility index (Phi) is 12.3. The van der Waals surface area contributed by atoms with Crippen LogP contribution in [0.2, 0.25) is 0 Å². The zero-order chi connectivity index (χ0) is 36.1. The van der Waals surface area contributed by atoms with Gasteiger partial charge in [-0.15, -0.1) is 11.8 Å². The lowest BCUT2D eigenvalue weighted by Crippen LogP contribution is -2.30. The van der Waals surface area contributed by atoms with Gasteiger partial charge in [-0.1, -0.05) is 113 Å². The minimum absolute atomic E-state index is 0.0564. The van der Waals surface area contributed by atoms with Crippen molar-refractivity contribution in [2.75, 3.05) is 10.6 Å². The second-order valence-electron chi connectivity index (χ2n) is 11.6. The summed E-state index contributed by atoms with van der Waals surface area (Å²) in [4.78, 5) is 41.4. The number of carbonyl (C=O) groups excluding carboxylic acids is 3. The van der Waals surface area contributed by atoms with Crippen molar-refractivity contribution in [2.45, 2.75) is 16.8 Å². The van der Waals surface area contributed by atoms with Gasteiger partial charge in [0.2, 0.25) is 5.91 Å². The van der Waals surface area contributed by atoms with Crippen molar-refractivity contribution in [1.82, 2.24) is 5.32 Å². The molecule has 0 radical (unpaired) electrons. The molecule has 6 rings (SSSR count). The Labute approximate surface area is 315 Å². The highest BCUT2D eigenvalue weighted by molar-refractivity contribution is 9.10. The van der Waals surface area contributed by atoms with Gasteiger partial charge < -0.3 is 20.7 Å². The van der Waals surface area contributed by atoms with Gasteiger partial charge in [-0.3, -0.25) is 14.4 Å². The first-order chi connectivity index (χ1) is 25.4. The summed E-state index contributed by atoms with van der Waals surface area (Å²) in [5.74, 6) is -0.438. The number of carbonyl (C=O) groups is 3. The van der Waals surface area contributed by atoms with Crippen LogP contribution in [0, 0.1) is 0 Å². The first-order valence-electron chi connectivity index (χ1n) is 16.4. The van der Waals surface area contributed by atoms with E-state index >= 15 is 0 Å². The maximum atomic E-state index is 13.8. The van der Waals surface area contributed by atoms with Gasteiger partial charge in [-0.25, -0.2) is 0 Å². The molecule has 0 aliphatic heterocycles. The van der Waals surface area contributed by atoms with Crippen LogP contribution < -0.4 is 20.7 Å². The molecule has 6 aromatic carbocycles. The van der Waals surface area contributed by atoms with Crippen molar-refractivity contribution in [3.05, 3.63) is 196 Å². The standard InChI is InChI=1S/C43H34BrN3O4S/c44-34-21-23-35(24-22-34)45-43(50)40(32-13-6-2-7-14-32)52-38-18-10-17-36(28-38)46-42(49)39(47-41(48)33-15-8-3-9-16-33)27-30-19-25-37(26-20-30)51-29-31-11-4-1-5-12-31/h1-28,40H,29H2,(H,45,50)(H,46,49)(H,47,48)/b39-27-. The fraction of sp³-hybridized carbons (Fsp3) is 0.0465. The van der Waals surface area contributed by atoms with Crippen LogP contribution in [-0.2, 0) is 16.2 Å². The molecule has 258 valence electrons. The summed E-state index contributed by atoms with van der Waals surface area (Å²) in [6.45, 7) is 0.427. The van der Waals surface area contributed by atoms with Crippen LogP contribution in [0.3, 0.4) is 0 Å². The molecular formula is C43H34BrN3O4S. The maximum absolute atomic E-state index is 13.8. The van der Waals surface area contributed by atoms with Gasteiger partial charge in [0.05, 0.1) is 0 Å². The molecule has 0 saturated heterocycles. The molecule has 0 saturated carbocycles. The van der Waals surface area contributed by atoms with E-state index in [2.05, 4.69) is 31.9 Å². The predicted octanol–water partition coefficient (Wildman–Crippen LogP) is 9.91. The summed E-state index contributed by atoms with van der Waals surface area (Å²) in [5, 5.41) is 8.17. The highest BCUT2D eigenvalue weighted by Crippen LogP contribution is 2.37. The van der Waals surface area contributed by atoms with Gasteiger partial charge >= 0.3 is 0 Å². The molecule has 0 aliphatic carbocycles. The molecule has 3 amide bonds. The summed E-state index contributed by atoms with van der Waals surface area (Å²) >= 11 is 4.80. The normalized spacial score (nSPS) is 11.6. The first-order valence-corrected chi connectivity index (χ1v) is 18.1. The van der Waals surface area contributed by atoms with Crippen LogP contribution >= 0.6 is 27.7 Å². The average molecular weight is 769 g/mol. The number of hydrogen-bond acceptors (Lipinski definition) is 5. The van der Waals surface area contributed by atoms with Crippen LogP contribution in [0.15, 0.2) is 179 Å². The predicted molar refractivity (Wildman–Crippen MR) is 212 cm³/mol. The Balaban J connectivity index is 1.20. The molecule has 7 nitrogen and oxygen atoms in total. The second kappa shape index (κ2) is 17.8. The highest BCUT2D eigenvalue weighted by atomic mass is 79.9. The largest absolute Gasteiger partial charge is 0.489 e. The number of halogens is 1. The highest BCUT2D eigenvalue weighted by Gasteiger charge is 2.23. The minimum atomic E-state index is -0.573. The van der Waals surface area contributed by atoms with Gasteiger partial charge in [-0.05, 0) is 89.5 Å². The lowest BCUT2D eigenvalue weighted by molar-refractivity contribution is -0.116. The van der Waals surface area contributed by atoms with Crippen molar-refractivity contribution in [1.29, 1.82) is 0 Å². The number of hydrogen-bond donors (Lipinski definition) is 3. The third-order valence-electron chi connectivity index (χ3n) is 7.77. The monoisotopic (exact) mass is 767 g/mol.